The number of para-hydroxylation sites is 1. The second-order valence-electron chi connectivity index (χ2n) is 4.25. The lowest BCUT2D eigenvalue weighted by atomic mass is 10.1. The molecule has 6 nitrogen and oxygen atoms in total. The number of aromatic nitrogens is 1. The summed E-state index contributed by atoms with van der Waals surface area (Å²) in [5.74, 6) is -1.50. The van der Waals surface area contributed by atoms with E-state index in [0.29, 0.717) is 12.1 Å². The van der Waals surface area contributed by atoms with E-state index in [9.17, 15) is 14.7 Å². The minimum Gasteiger partial charge on any atom is -0.480 e. The van der Waals surface area contributed by atoms with Crippen LogP contribution in [0.3, 0.4) is 0 Å². The molecule has 0 radical (unpaired) electrons. The van der Waals surface area contributed by atoms with Gasteiger partial charge in [-0.25, -0.2) is 4.79 Å². The standard InChI is InChI=1S/C13H10N2O4/c16-12(9-5-6-19-14-9)15-10-4-2-1-3-8(10)7-11(15)13(17)18/h1-6,11H,7H2,(H,17,18). The van der Waals surface area contributed by atoms with Crippen LogP contribution in [0.5, 0.6) is 0 Å². The molecule has 1 aromatic heterocycles. The third kappa shape index (κ3) is 1.77. The normalized spacial score (nSPS) is 17.3. The third-order valence-electron chi connectivity index (χ3n) is 3.14. The number of anilines is 1. The van der Waals surface area contributed by atoms with Gasteiger partial charge >= 0.3 is 5.97 Å². The minimum absolute atomic E-state index is 0.1000. The zero-order valence-corrected chi connectivity index (χ0v) is 9.81. The molecule has 1 N–H and O–H groups in total. The van der Waals surface area contributed by atoms with Crippen LogP contribution in [0, 0.1) is 0 Å². The highest BCUT2D eigenvalue weighted by molar-refractivity contribution is 6.09. The van der Waals surface area contributed by atoms with Crippen LogP contribution in [0.2, 0.25) is 0 Å². The van der Waals surface area contributed by atoms with Crippen LogP contribution in [0.4, 0.5) is 5.69 Å². The van der Waals surface area contributed by atoms with Gasteiger partial charge in [0.1, 0.15) is 12.3 Å². The molecule has 1 atom stereocenters. The SMILES string of the molecule is O=C(O)C1Cc2ccccc2N1C(=O)c1ccon1. The van der Waals surface area contributed by atoms with Crippen molar-refractivity contribution in [2.45, 2.75) is 12.5 Å². The lowest BCUT2D eigenvalue weighted by Crippen LogP contribution is -2.43. The fourth-order valence-corrected chi connectivity index (χ4v) is 2.28. The minimum atomic E-state index is -1.03. The van der Waals surface area contributed by atoms with Crippen molar-refractivity contribution in [3.63, 3.8) is 0 Å². The second kappa shape index (κ2) is 4.24. The predicted molar refractivity (Wildman–Crippen MR) is 64.9 cm³/mol. The molecule has 6 heteroatoms. The predicted octanol–water partition coefficient (Wildman–Crippen LogP) is 1.33. The largest absolute Gasteiger partial charge is 0.480 e. The quantitative estimate of drug-likeness (QED) is 0.878. The van der Waals surface area contributed by atoms with E-state index in [1.165, 1.54) is 17.2 Å². The molecule has 96 valence electrons. The molecular weight excluding hydrogens is 248 g/mol. The summed E-state index contributed by atoms with van der Waals surface area (Å²) in [4.78, 5) is 24.9. The van der Waals surface area contributed by atoms with E-state index in [2.05, 4.69) is 9.68 Å². The zero-order chi connectivity index (χ0) is 13.4. The van der Waals surface area contributed by atoms with Gasteiger partial charge < -0.3 is 9.63 Å². The summed E-state index contributed by atoms with van der Waals surface area (Å²) < 4.78 is 4.63. The Morgan fingerprint density at radius 2 is 2.11 bits per heavy atom. The monoisotopic (exact) mass is 258 g/mol. The van der Waals surface area contributed by atoms with Crippen molar-refractivity contribution in [3.05, 3.63) is 47.9 Å². The molecule has 0 saturated carbocycles. The molecule has 2 aromatic rings. The molecule has 1 aromatic carbocycles. The van der Waals surface area contributed by atoms with Crippen molar-refractivity contribution < 1.29 is 19.2 Å². The molecule has 19 heavy (non-hydrogen) atoms. The summed E-state index contributed by atoms with van der Waals surface area (Å²) in [6.45, 7) is 0. The molecule has 1 aliphatic rings. The van der Waals surface area contributed by atoms with Gasteiger partial charge in [0.05, 0.1) is 0 Å². The number of rotatable bonds is 2. The Bertz CT molecular complexity index is 636. The van der Waals surface area contributed by atoms with E-state index in [4.69, 9.17) is 0 Å². The third-order valence-corrected chi connectivity index (χ3v) is 3.14. The maximum absolute atomic E-state index is 12.3. The first-order valence-electron chi connectivity index (χ1n) is 5.73. The molecule has 2 heterocycles. The molecule has 0 bridgehead atoms. The van der Waals surface area contributed by atoms with Crippen LogP contribution < -0.4 is 4.90 Å². The van der Waals surface area contributed by atoms with Gasteiger partial charge in [0.2, 0.25) is 0 Å². The number of carbonyl (C=O) groups excluding carboxylic acids is 1. The molecule has 1 amide bonds. The summed E-state index contributed by atoms with van der Waals surface area (Å²) in [6, 6.07) is 7.66. The van der Waals surface area contributed by atoms with Crippen LogP contribution >= 0.6 is 0 Å². The smallest absolute Gasteiger partial charge is 0.327 e. The number of nitrogens with zero attached hydrogens (tertiary/aromatic N) is 2. The van der Waals surface area contributed by atoms with Crippen LogP contribution in [0.1, 0.15) is 16.1 Å². The summed E-state index contributed by atoms with van der Waals surface area (Å²) in [6.07, 6.45) is 1.58. The lowest BCUT2D eigenvalue weighted by Gasteiger charge is -2.21. The van der Waals surface area contributed by atoms with E-state index in [0.717, 1.165) is 5.56 Å². The number of hydrogen-bond acceptors (Lipinski definition) is 4. The molecule has 0 saturated heterocycles. The average Bonchev–Trinajstić information content (AvgIpc) is 3.05. The lowest BCUT2D eigenvalue weighted by molar-refractivity contribution is -0.138. The summed E-state index contributed by atoms with van der Waals surface area (Å²) >= 11 is 0. The van der Waals surface area contributed by atoms with Crippen LogP contribution in [-0.4, -0.2) is 28.2 Å². The van der Waals surface area contributed by atoms with Crippen LogP contribution in [0.25, 0.3) is 0 Å². The highest BCUT2D eigenvalue weighted by atomic mass is 16.5. The van der Waals surface area contributed by atoms with Crippen molar-refractivity contribution in [1.29, 1.82) is 0 Å². The van der Waals surface area contributed by atoms with Gasteiger partial charge in [0, 0.05) is 18.2 Å². The molecule has 1 unspecified atom stereocenters. The maximum atomic E-state index is 12.3. The van der Waals surface area contributed by atoms with E-state index in [1.54, 1.807) is 12.1 Å². The number of hydrogen-bond donors (Lipinski definition) is 1. The number of carboxylic acid groups (broad SMARTS) is 1. The van der Waals surface area contributed by atoms with Crippen LogP contribution in [0.15, 0.2) is 41.1 Å². The summed E-state index contributed by atoms with van der Waals surface area (Å²) in [5.41, 5.74) is 1.55. The van der Waals surface area contributed by atoms with Gasteiger partial charge in [-0.1, -0.05) is 23.4 Å². The Morgan fingerprint density at radius 1 is 1.32 bits per heavy atom. The first kappa shape index (κ1) is 11.5. The fraction of sp³-hybridized carbons (Fsp3) is 0.154. The molecular formula is C13H10N2O4. The van der Waals surface area contributed by atoms with Crippen molar-refractivity contribution in [2.75, 3.05) is 4.90 Å². The van der Waals surface area contributed by atoms with Crippen molar-refractivity contribution >= 4 is 17.6 Å². The van der Waals surface area contributed by atoms with E-state index in [1.807, 2.05) is 12.1 Å². The van der Waals surface area contributed by atoms with Crippen molar-refractivity contribution in [1.82, 2.24) is 5.16 Å². The Morgan fingerprint density at radius 3 is 2.79 bits per heavy atom. The fourth-order valence-electron chi connectivity index (χ4n) is 2.28. The number of fused-ring (bicyclic) bond motifs is 1. The van der Waals surface area contributed by atoms with Gasteiger partial charge in [0.15, 0.2) is 5.69 Å². The van der Waals surface area contributed by atoms with Gasteiger partial charge in [-0.2, -0.15) is 0 Å². The maximum Gasteiger partial charge on any atom is 0.327 e. The highest BCUT2D eigenvalue weighted by Crippen LogP contribution is 2.33. The number of amides is 1. The number of carbonyl (C=O) groups is 2. The van der Waals surface area contributed by atoms with Gasteiger partial charge in [-0.05, 0) is 11.6 Å². The van der Waals surface area contributed by atoms with Gasteiger partial charge in [-0.15, -0.1) is 0 Å². The van der Waals surface area contributed by atoms with Crippen molar-refractivity contribution in [2.24, 2.45) is 0 Å². The number of carboxylic acids is 1. The summed E-state index contributed by atoms with van der Waals surface area (Å²) in [5, 5.41) is 12.8. The zero-order valence-electron chi connectivity index (χ0n) is 9.81. The van der Waals surface area contributed by atoms with E-state index < -0.39 is 17.9 Å². The van der Waals surface area contributed by atoms with Gasteiger partial charge in [-0.3, -0.25) is 9.69 Å². The van der Waals surface area contributed by atoms with Gasteiger partial charge in [0.25, 0.3) is 5.91 Å². The topological polar surface area (TPSA) is 83.6 Å². The molecule has 3 rings (SSSR count). The van der Waals surface area contributed by atoms with E-state index >= 15 is 0 Å². The first-order chi connectivity index (χ1) is 9.18. The average molecular weight is 258 g/mol. The highest BCUT2D eigenvalue weighted by Gasteiger charge is 2.39. The van der Waals surface area contributed by atoms with E-state index in [-0.39, 0.29) is 5.69 Å². The molecule has 1 aliphatic heterocycles. The molecule has 0 aliphatic carbocycles. The van der Waals surface area contributed by atoms with Crippen molar-refractivity contribution in [3.8, 4) is 0 Å². The number of aliphatic carboxylic acids is 1. The van der Waals surface area contributed by atoms with Crippen LogP contribution in [-0.2, 0) is 11.2 Å². The molecule has 0 fully saturated rings. The first-order valence-corrected chi connectivity index (χ1v) is 5.73. The summed E-state index contributed by atoms with van der Waals surface area (Å²) in [7, 11) is 0. The Balaban J connectivity index is 2.05. The Hall–Kier alpha value is -2.63. The molecule has 0 spiro atoms. The number of benzene rings is 1. The Kier molecular flexibility index (Phi) is 2.56. The second-order valence-corrected chi connectivity index (χ2v) is 4.25. The Labute approximate surface area is 108 Å².